The van der Waals surface area contributed by atoms with Crippen molar-refractivity contribution in [2.45, 2.75) is 22.4 Å². The molecule has 0 aliphatic carbocycles. The van der Waals surface area contributed by atoms with E-state index in [4.69, 9.17) is 15.3 Å². The van der Waals surface area contributed by atoms with Crippen LogP contribution in [-0.4, -0.2) is 139 Å². The summed E-state index contributed by atoms with van der Waals surface area (Å²) in [6.07, 6.45) is 0. The highest BCUT2D eigenvalue weighted by Crippen LogP contribution is 2.24. The molecule has 3 aromatic heterocycles. The molecule has 0 atom stereocenters. The molecular weight excluding hydrogens is 1150 g/mol. The van der Waals surface area contributed by atoms with Crippen LogP contribution in [0.3, 0.4) is 0 Å². The first-order chi connectivity index (χ1) is 37.9. The second-order valence-corrected chi connectivity index (χ2v) is 19.5. The maximum atomic E-state index is 12.3. The van der Waals surface area contributed by atoms with Crippen molar-refractivity contribution < 1.29 is 53.8 Å². The SMILES string of the molecule is CC(=O)c1ccc(C(=O)CSc2nnnn2-c2ccc(C(=O)O)cc2)cc1.O=C(O)c1ccc(-n2nnnc2SCC(=O)c2ccc(Br)cc2)cc1.O=C(O)c1ccc(-n2nnnc2SCC(=O)c2ccc([N+](=O)[O-])cc2)cc1. The molecule has 9 rings (SSSR count). The molecule has 3 heterocycles. The molecule has 25 nitrogen and oxygen atoms in total. The second-order valence-electron chi connectivity index (χ2n) is 15.8. The van der Waals surface area contributed by atoms with Gasteiger partial charge in [0.15, 0.2) is 23.1 Å². The number of carboxylic acid groups (broad SMARTS) is 3. The van der Waals surface area contributed by atoms with Crippen molar-refractivity contribution in [3.8, 4) is 17.1 Å². The summed E-state index contributed by atoms with van der Waals surface area (Å²) in [6.45, 7) is 1.47. The van der Waals surface area contributed by atoms with Crippen LogP contribution in [0.1, 0.15) is 79.4 Å². The number of nitrogens with zero attached hydrogens (tertiary/aromatic N) is 13. The predicted octanol–water partition coefficient (Wildman–Crippen LogP) is 7.88. The van der Waals surface area contributed by atoms with E-state index in [-0.39, 0.29) is 62.8 Å². The molecule has 0 radical (unpaired) electrons. The van der Waals surface area contributed by atoms with Gasteiger partial charge in [-0.1, -0.05) is 87.6 Å². The fraction of sp³-hybridized carbons (Fsp3) is 0.0800. The minimum atomic E-state index is -1.04. The zero-order valence-corrected chi connectivity index (χ0v) is 44.4. The molecule has 29 heteroatoms. The highest BCUT2D eigenvalue weighted by Gasteiger charge is 2.18. The molecule has 0 aliphatic heterocycles. The maximum absolute atomic E-state index is 12.3. The zero-order valence-electron chi connectivity index (χ0n) is 40.4. The first kappa shape index (κ1) is 57.3. The quantitative estimate of drug-likeness (QED) is 0.0282. The molecule has 0 saturated carbocycles. The largest absolute Gasteiger partial charge is 0.478 e. The molecule has 0 fully saturated rings. The number of Topliss-reactive ketones (excluding diaryl/α,β-unsaturated/α-hetero) is 4. The van der Waals surface area contributed by atoms with E-state index in [9.17, 15) is 43.7 Å². The van der Waals surface area contributed by atoms with Gasteiger partial charge in [0.1, 0.15) is 0 Å². The number of hydrogen-bond acceptors (Lipinski definition) is 21. The number of nitro benzene ring substituents is 1. The van der Waals surface area contributed by atoms with E-state index in [1.165, 1.54) is 105 Å². The molecular formula is C50H36BrN13O12S3. The van der Waals surface area contributed by atoms with Gasteiger partial charge in [-0.25, -0.2) is 14.4 Å². The molecule has 0 saturated heterocycles. The Kier molecular flexibility index (Phi) is 19.6. The van der Waals surface area contributed by atoms with Gasteiger partial charge in [-0.3, -0.25) is 29.3 Å². The van der Waals surface area contributed by atoms with Crippen molar-refractivity contribution in [2.24, 2.45) is 0 Å². The summed E-state index contributed by atoms with van der Waals surface area (Å²) in [4.78, 5) is 91.0. The van der Waals surface area contributed by atoms with Gasteiger partial charge >= 0.3 is 17.9 Å². The lowest BCUT2D eigenvalue weighted by atomic mass is 10.1. The summed E-state index contributed by atoms with van der Waals surface area (Å²) in [7, 11) is 0. The molecule has 0 aliphatic rings. The van der Waals surface area contributed by atoms with Crippen LogP contribution in [0, 0.1) is 10.1 Å². The fourth-order valence-corrected chi connectivity index (χ4v) is 9.08. The summed E-state index contributed by atoms with van der Waals surface area (Å²) in [6, 6.07) is 37.2. The third kappa shape index (κ3) is 15.6. The van der Waals surface area contributed by atoms with Crippen molar-refractivity contribution in [1.29, 1.82) is 0 Å². The predicted molar refractivity (Wildman–Crippen MR) is 287 cm³/mol. The number of carbonyl (C=O) groups excluding carboxylic acids is 4. The van der Waals surface area contributed by atoms with E-state index >= 15 is 0 Å². The zero-order chi connectivity index (χ0) is 56.6. The Bertz CT molecular complexity index is 3510. The number of carboxylic acids is 3. The Hall–Kier alpha value is -9.45. The van der Waals surface area contributed by atoms with Gasteiger partial charge < -0.3 is 15.3 Å². The van der Waals surface area contributed by atoms with Gasteiger partial charge in [-0.05, 0) is 135 Å². The number of carbonyl (C=O) groups is 7. The number of aromatic carboxylic acids is 3. The van der Waals surface area contributed by atoms with Gasteiger partial charge in [0.05, 0.1) is 55.9 Å². The Morgan fingerprint density at radius 2 is 0.709 bits per heavy atom. The first-order valence-electron chi connectivity index (χ1n) is 22.4. The van der Waals surface area contributed by atoms with Crippen LogP contribution < -0.4 is 0 Å². The number of ketones is 4. The van der Waals surface area contributed by atoms with Gasteiger partial charge in [-0.2, -0.15) is 14.0 Å². The average molecular weight is 1190 g/mol. The van der Waals surface area contributed by atoms with E-state index in [1.807, 2.05) is 12.1 Å². The lowest BCUT2D eigenvalue weighted by Gasteiger charge is -2.05. The molecule has 79 heavy (non-hydrogen) atoms. The normalized spacial score (nSPS) is 10.6. The molecule has 0 amide bonds. The summed E-state index contributed by atoms with van der Waals surface area (Å²) >= 11 is 6.81. The van der Waals surface area contributed by atoms with E-state index < -0.39 is 22.8 Å². The number of thioether (sulfide) groups is 3. The van der Waals surface area contributed by atoms with Gasteiger partial charge in [0.25, 0.3) is 5.69 Å². The van der Waals surface area contributed by atoms with Crippen molar-refractivity contribution in [3.63, 3.8) is 0 Å². The monoisotopic (exact) mass is 1190 g/mol. The number of hydrogen-bond donors (Lipinski definition) is 3. The average Bonchev–Trinajstić information content (AvgIpc) is 4.27. The molecule has 0 bridgehead atoms. The standard InChI is InChI=1S/C18H14N4O4S.C16H11BrN4O3S.C16H11N5O5S/c1-11(23)12-2-4-13(5-3-12)16(24)10-27-18-19-20-21-22(18)15-8-6-14(7-9-15)17(25)26;17-12-5-1-10(2-6-12)14(22)9-25-16-18-19-20-21(16)13-7-3-11(4-8-13)15(23)24;22-14(10-1-7-13(8-2-10)21(25)26)9-27-16-17-18-19-20(16)12-5-3-11(4-6-12)15(23)24/h2-9H,10H2,1H3,(H,25,26);1-8H,9H2,(H,23,24);1-8H,9H2,(H,23,24). The number of rotatable bonds is 20. The third-order valence-electron chi connectivity index (χ3n) is 10.6. The minimum Gasteiger partial charge on any atom is -0.478 e. The first-order valence-corrected chi connectivity index (χ1v) is 26.2. The lowest BCUT2D eigenvalue weighted by Crippen LogP contribution is -2.06. The Morgan fingerprint density at radius 3 is 0.987 bits per heavy atom. The Balaban J connectivity index is 0.000000172. The van der Waals surface area contributed by atoms with Crippen molar-refractivity contribution in [3.05, 3.63) is 199 Å². The lowest BCUT2D eigenvalue weighted by molar-refractivity contribution is -0.384. The van der Waals surface area contributed by atoms with Crippen LogP contribution in [0.15, 0.2) is 166 Å². The summed E-state index contributed by atoms with van der Waals surface area (Å²) in [5, 5.41) is 72.8. The van der Waals surface area contributed by atoms with Crippen molar-refractivity contribution in [1.82, 2.24) is 60.6 Å². The number of halogens is 1. The smallest absolute Gasteiger partial charge is 0.335 e. The van der Waals surface area contributed by atoms with Crippen LogP contribution in [0.4, 0.5) is 5.69 Å². The molecule has 9 aromatic rings. The Labute approximate surface area is 465 Å². The number of nitro groups is 1. The van der Waals surface area contributed by atoms with E-state index in [2.05, 4.69) is 62.5 Å². The molecule has 0 spiro atoms. The highest BCUT2D eigenvalue weighted by molar-refractivity contribution is 9.10. The van der Waals surface area contributed by atoms with E-state index in [0.717, 1.165) is 16.2 Å². The highest BCUT2D eigenvalue weighted by atomic mass is 79.9. The van der Waals surface area contributed by atoms with Crippen molar-refractivity contribution in [2.75, 3.05) is 17.3 Å². The fourth-order valence-electron chi connectivity index (χ4n) is 6.46. The van der Waals surface area contributed by atoms with Gasteiger partial charge in [0, 0.05) is 38.9 Å². The topological polar surface area (TPSA) is 354 Å². The molecule has 0 unspecified atom stereocenters. The van der Waals surface area contributed by atoms with E-state index in [1.54, 1.807) is 72.8 Å². The van der Waals surface area contributed by atoms with Crippen molar-refractivity contribution >= 4 is 97.9 Å². The van der Waals surface area contributed by atoms with E-state index in [0.29, 0.717) is 54.8 Å². The maximum Gasteiger partial charge on any atom is 0.335 e. The Morgan fingerprint density at radius 1 is 0.443 bits per heavy atom. The van der Waals surface area contributed by atoms with Gasteiger partial charge in [0.2, 0.25) is 15.5 Å². The number of non-ortho nitro benzene ring substituents is 1. The second kappa shape index (κ2) is 27.0. The summed E-state index contributed by atoms with van der Waals surface area (Å²) in [5.74, 6) is -3.16. The number of tetrazole rings is 3. The van der Waals surface area contributed by atoms with Crippen LogP contribution >= 0.6 is 51.2 Å². The number of benzene rings is 6. The van der Waals surface area contributed by atoms with Crippen LogP contribution in [0.5, 0.6) is 0 Å². The van der Waals surface area contributed by atoms with Gasteiger partial charge in [-0.15, -0.1) is 15.3 Å². The summed E-state index contributed by atoms with van der Waals surface area (Å²) < 4.78 is 5.19. The third-order valence-corrected chi connectivity index (χ3v) is 13.9. The minimum absolute atomic E-state index is 0.0331. The van der Waals surface area contributed by atoms with Crippen LogP contribution in [0.2, 0.25) is 0 Å². The molecule has 398 valence electrons. The van der Waals surface area contributed by atoms with Crippen LogP contribution in [0.25, 0.3) is 17.1 Å². The van der Waals surface area contributed by atoms with Crippen LogP contribution in [-0.2, 0) is 0 Å². The molecule has 3 N–H and O–H groups in total. The number of aromatic nitrogens is 12. The molecule has 6 aromatic carbocycles. The summed E-state index contributed by atoms with van der Waals surface area (Å²) in [5.41, 5.74) is 4.14.